The third-order valence-electron chi connectivity index (χ3n) is 5.13. The van der Waals surface area contributed by atoms with Gasteiger partial charge in [0.1, 0.15) is 17.9 Å². The molecule has 0 amide bonds. The normalized spacial score (nSPS) is 11.6. The molecule has 2 N–H and O–H groups in total. The second-order valence-corrected chi connectivity index (χ2v) is 7.53. The molecule has 0 spiro atoms. The van der Waals surface area contributed by atoms with Crippen LogP contribution in [0.3, 0.4) is 0 Å². The molecule has 6 nitrogen and oxygen atoms in total. The summed E-state index contributed by atoms with van der Waals surface area (Å²) in [6.07, 6.45) is 0.869. The van der Waals surface area contributed by atoms with Crippen molar-refractivity contribution in [1.29, 1.82) is 0 Å². The topological polar surface area (TPSA) is 75.2 Å². The van der Waals surface area contributed by atoms with Crippen LogP contribution in [0.1, 0.15) is 19.2 Å². The zero-order valence-electron chi connectivity index (χ0n) is 17.2. The van der Waals surface area contributed by atoms with E-state index in [9.17, 15) is 0 Å². The van der Waals surface area contributed by atoms with Gasteiger partial charge in [0.05, 0.1) is 11.0 Å². The molecule has 2 heterocycles. The molecule has 156 valence electrons. The number of benzene rings is 2. The maximum atomic E-state index is 6.33. The molecule has 0 aliphatic rings. The van der Waals surface area contributed by atoms with E-state index in [2.05, 4.69) is 27.8 Å². The maximum absolute atomic E-state index is 6.33. The van der Waals surface area contributed by atoms with E-state index < -0.39 is 0 Å². The van der Waals surface area contributed by atoms with Crippen molar-refractivity contribution in [3.63, 3.8) is 0 Å². The number of ether oxygens (including phenoxy) is 2. The van der Waals surface area contributed by atoms with E-state index in [0.717, 1.165) is 46.3 Å². The van der Waals surface area contributed by atoms with Crippen LogP contribution in [0.5, 0.6) is 0 Å². The first-order valence-corrected chi connectivity index (χ1v) is 10.4. The predicted molar refractivity (Wildman–Crippen MR) is 122 cm³/mol. The second kappa shape index (κ2) is 9.00. The molecule has 0 aliphatic heterocycles. The molecular weight excluding hydrogens is 400 g/mol. The number of aryl methyl sites for hydroxylation is 1. The number of rotatable bonds is 8. The molecule has 0 bridgehead atoms. The summed E-state index contributed by atoms with van der Waals surface area (Å²) in [7, 11) is 1.71. The van der Waals surface area contributed by atoms with Crippen LogP contribution in [0.2, 0.25) is 5.02 Å². The first-order valence-electron chi connectivity index (χ1n) is 10.0. The second-order valence-electron chi connectivity index (χ2n) is 7.10. The highest BCUT2D eigenvalue weighted by molar-refractivity contribution is 6.30. The van der Waals surface area contributed by atoms with Crippen molar-refractivity contribution in [3.05, 3.63) is 53.3 Å². The number of imidazole rings is 1. The number of fused-ring (bicyclic) bond motifs is 3. The fourth-order valence-corrected chi connectivity index (χ4v) is 3.82. The average molecular weight is 425 g/mol. The van der Waals surface area contributed by atoms with Gasteiger partial charge in [-0.1, -0.05) is 35.9 Å². The van der Waals surface area contributed by atoms with Crippen LogP contribution in [0.15, 0.2) is 42.5 Å². The minimum absolute atomic E-state index is 0.425. The smallest absolute Gasteiger partial charge is 0.152 e. The summed E-state index contributed by atoms with van der Waals surface area (Å²) in [4.78, 5) is 9.41. The van der Waals surface area contributed by atoms with Crippen LogP contribution in [0, 0.1) is 0 Å². The number of nitrogens with two attached hydrogens (primary N) is 1. The summed E-state index contributed by atoms with van der Waals surface area (Å²) < 4.78 is 13.1. The third kappa shape index (κ3) is 3.99. The molecule has 0 fully saturated rings. The quantitative estimate of drug-likeness (QED) is 0.400. The summed E-state index contributed by atoms with van der Waals surface area (Å²) in [6, 6.07) is 14.0. The number of nitrogens with zero attached hydrogens (tertiary/aromatic N) is 3. The average Bonchev–Trinajstić information content (AvgIpc) is 3.12. The van der Waals surface area contributed by atoms with Gasteiger partial charge in [-0.25, -0.2) is 9.97 Å². The molecule has 0 atom stereocenters. The van der Waals surface area contributed by atoms with Gasteiger partial charge >= 0.3 is 0 Å². The largest absolute Gasteiger partial charge is 0.385 e. The Balaban J connectivity index is 1.87. The summed E-state index contributed by atoms with van der Waals surface area (Å²) >= 11 is 6.03. The fourth-order valence-electron chi connectivity index (χ4n) is 3.69. The fraction of sp³-hybridized carbons (Fsp3) is 0.304. The number of anilines is 1. The van der Waals surface area contributed by atoms with Crippen LogP contribution in [-0.4, -0.2) is 34.9 Å². The number of aromatic nitrogens is 3. The molecule has 0 aliphatic carbocycles. The van der Waals surface area contributed by atoms with Crippen molar-refractivity contribution >= 4 is 39.4 Å². The van der Waals surface area contributed by atoms with Crippen molar-refractivity contribution in [2.45, 2.75) is 26.5 Å². The molecule has 4 rings (SSSR count). The molecule has 2 aromatic heterocycles. The lowest BCUT2D eigenvalue weighted by molar-refractivity contribution is 0.125. The van der Waals surface area contributed by atoms with Crippen molar-refractivity contribution in [2.75, 3.05) is 26.1 Å². The Morgan fingerprint density at radius 2 is 1.83 bits per heavy atom. The van der Waals surface area contributed by atoms with Crippen LogP contribution in [-0.2, 0) is 22.6 Å². The highest BCUT2D eigenvalue weighted by Gasteiger charge is 2.17. The minimum atomic E-state index is 0.425. The highest BCUT2D eigenvalue weighted by atomic mass is 35.5. The van der Waals surface area contributed by atoms with Gasteiger partial charge in [-0.15, -0.1) is 0 Å². The first kappa shape index (κ1) is 20.6. The molecule has 0 radical (unpaired) electrons. The van der Waals surface area contributed by atoms with Gasteiger partial charge in [0.25, 0.3) is 0 Å². The Kier molecular flexibility index (Phi) is 6.18. The van der Waals surface area contributed by atoms with Gasteiger partial charge in [0, 0.05) is 37.3 Å². The van der Waals surface area contributed by atoms with Gasteiger partial charge in [-0.05, 0) is 42.7 Å². The number of halogens is 1. The van der Waals surface area contributed by atoms with E-state index in [1.165, 1.54) is 0 Å². The minimum Gasteiger partial charge on any atom is -0.385 e. The lowest BCUT2D eigenvalue weighted by atomic mass is 10.0. The summed E-state index contributed by atoms with van der Waals surface area (Å²) in [5, 5.41) is 1.73. The number of methoxy groups -OCH3 is 1. The molecule has 0 unspecified atom stereocenters. The van der Waals surface area contributed by atoms with Crippen molar-refractivity contribution in [2.24, 2.45) is 0 Å². The Morgan fingerprint density at radius 3 is 2.57 bits per heavy atom. The summed E-state index contributed by atoms with van der Waals surface area (Å²) in [5.74, 6) is 1.28. The molecule has 2 aromatic carbocycles. The standard InChI is InChI=1S/C23H25ClN4O2/c1-3-30-14-20-27-21-22(28(20)11-4-12-29-2)18-10-7-16(13-19(18)26-23(21)25)15-5-8-17(24)9-6-15/h5-10,13H,3-4,11-12,14H2,1-2H3,(H2,25,26). The van der Waals surface area contributed by atoms with E-state index in [-0.39, 0.29) is 0 Å². The number of hydrogen-bond acceptors (Lipinski definition) is 5. The molecular formula is C23H25ClN4O2. The lowest BCUT2D eigenvalue weighted by Crippen LogP contribution is -2.08. The SMILES string of the molecule is CCOCc1nc2c(N)nc3cc(-c4ccc(Cl)cc4)ccc3c2n1CCCOC. The summed E-state index contributed by atoms with van der Waals surface area (Å²) in [5.41, 5.74) is 11.0. The van der Waals surface area contributed by atoms with Crippen LogP contribution >= 0.6 is 11.6 Å². The number of nitrogen functional groups attached to an aromatic ring is 1. The van der Waals surface area contributed by atoms with Gasteiger partial charge in [0.15, 0.2) is 5.82 Å². The van der Waals surface area contributed by atoms with Gasteiger partial charge < -0.3 is 19.8 Å². The lowest BCUT2D eigenvalue weighted by Gasteiger charge is -2.11. The Bertz CT molecular complexity index is 1170. The Morgan fingerprint density at radius 1 is 1.07 bits per heavy atom. The van der Waals surface area contributed by atoms with Gasteiger partial charge in [-0.3, -0.25) is 0 Å². The van der Waals surface area contributed by atoms with Crippen molar-refractivity contribution < 1.29 is 9.47 Å². The zero-order chi connectivity index (χ0) is 21.1. The van der Waals surface area contributed by atoms with E-state index in [1.807, 2.05) is 31.2 Å². The molecule has 30 heavy (non-hydrogen) atoms. The van der Waals surface area contributed by atoms with Crippen LogP contribution in [0.4, 0.5) is 5.82 Å². The Hall–Kier alpha value is -2.67. The van der Waals surface area contributed by atoms with Crippen molar-refractivity contribution in [3.8, 4) is 11.1 Å². The number of hydrogen-bond donors (Lipinski definition) is 1. The van der Waals surface area contributed by atoms with E-state index in [0.29, 0.717) is 36.2 Å². The first-order chi connectivity index (χ1) is 14.6. The Labute approximate surface area is 180 Å². The monoisotopic (exact) mass is 424 g/mol. The van der Waals surface area contributed by atoms with E-state index in [1.54, 1.807) is 7.11 Å². The molecule has 0 saturated carbocycles. The van der Waals surface area contributed by atoms with Gasteiger partial charge in [0.2, 0.25) is 0 Å². The third-order valence-corrected chi connectivity index (χ3v) is 5.38. The summed E-state index contributed by atoms with van der Waals surface area (Å²) in [6.45, 7) is 4.47. The highest BCUT2D eigenvalue weighted by Crippen LogP contribution is 2.32. The molecule has 0 saturated heterocycles. The molecule has 7 heteroatoms. The van der Waals surface area contributed by atoms with Crippen LogP contribution in [0.25, 0.3) is 33.1 Å². The van der Waals surface area contributed by atoms with Gasteiger partial charge in [-0.2, -0.15) is 0 Å². The van der Waals surface area contributed by atoms with Crippen LogP contribution < -0.4 is 5.73 Å². The number of pyridine rings is 1. The van der Waals surface area contributed by atoms with E-state index in [4.69, 9.17) is 31.8 Å². The maximum Gasteiger partial charge on any atom is 0.152 e. The van der Waals surface area contributed by atoms with Crippen molar-refractivity contribution in [1.82, 2.24) is 14.5 Å². The zero-order valence-corrected chi connectivity index (χ0v) is 17.9. The molecule has 4 aromatic rings. The van der Waals surface area contributed by atoms with E-state index >= 15 is 0 Å². The predicted octanol–water partition coefficient (Wildman–Crippen LogP) is 5.06.